The van der Waals surface area contributed by atoms with Gasteiger partial charge in [0.1, 0.15) is 5.82 Å². The number of benzene rings is 1. The Morgan fingerprint density at radius 2 is 1.57 bits per heavy atom. The summed E-state index contributed by atoms with van der Waals surface area (Å²) < 4.78 is 2.24. The molecule has 2 aliphatic heterocycles. The lowest BCUT2D eigenvalue weighted by molar-refractivity contribution is 0.191. The number of aryl methyl sites for hydroxylation is 1. The number of fused-ring (bicyclic) bond motifs is 3. The van der Waals surface area contributed by atoms with Crippen molar-refractivity contribution in [1.29, 1.82) is 0 Å². The van der Waals surface area contributed by atoms with Crippen LogP contribution in [0.15, 0.2) is 42.6 Å². The fourth-order valence-electron chi connectivity index (χ4n) is 4.25. The van der Waals surface area contributed by atoms with E-state index >= 15 is 0 Å². The van der Waals surface area contributed by atoms with Crippen LogP contribution < -0.4 is 4.90 Å². The molecule has 0 N–H and O–H groups in total. The first kappa shape index (κ1) is 13.0. The van der Waals surface area contributed by atoms with Crippen molar-refractivity contribution >= 4 is 5.82 Å². The predicted molar refractivity (Wildman–Crippen MR) is 86.3 cm³/mol. The molecule has 5 rings (SSSR count). The zero-order chi connectivity index (χ0) is 14.6. The highest BCUT2D eigenvalue weighted by atomic mass is 15.4. The summed E-state index contributed by atoms with van der Waals surface area (Å²) in [6, 6.07) is 14.5. The van der Waals surface area contributed by atoms with Crippen molar-refractivity contribution in [1.82, 2.24) is 9.47 Å². The van der Waals surface area contributed by atoms with Gasteiger partial charge in [0.05, 0.1) is 12.2 Å². The molecule has 2 bridgehead atoms. The van der Waals surface area contributed by atoms with Crippen LogP contribution in [0.3, 0.4) is 0 Å². The molecule has 3 aliphatic rings. The van der Waals surface area contributed by atoms with E-state index in [0.29, 0.717) is 18.2 Å². The summed E-state index contributed by atoms with van der Waals surface area (Å²) in [5.74, 6) is 1.32. The molecule has 3 heteroatoms. The maximum Gasteiger partial charge on any atom is 0.109 e. The minimum atomic E-state index is 0.406. The largest absolute Gasteiger partial charge is 0.338 e. The summed E-state index contributed by atoms with van der Waals surface area (Å²) in [6.07, 6.45) is 5.04. The number of rotatable bonds is 1. The van der Waals surface area contributed by atoms with E-state index in [1.54, 1.807) is 0 Å². The van der Waals surface area contributed by atoms with E-state index in [2.05, 4.69) is 78.0 Å². The summed E-state index contributed by atoms with van der Waals surface area (Å²) in [7, 11) is 4.42. The van der Waals surface area contributed by atoms with Crippen molar-refractivity contribution in [3.05, 3.63) is 53.7 Å². The third-order valence-electron chi connectivity index (χ3n) is 5.43. The van der Waals surface area contributed by atoms with E-state index in [9.17, 15) is 0 Å². The molecule has 0 saturated carbocycles. The van der Waals surface area contributed by atoms with Crippen LogP contribution in [0.5, 0.6) is 0 Å². The van der Waals surface area contributed by atoms with Crippen LogP contribution in [0.1, 0.15) is 43.0 Å². The van der Waals surface area contributed by atoms with Gasteiger partial charge in [0.25, 0.3) is 0 Å². The first-order valence-corrected chi connectivity index (χ1v) is 7.89. The van der Waals surface area contributed by atoms with E-state index in [1.807, 2.05) is 0 Å². The van der Waals surface area contributed by atoms with Gasteiger partial charge in [0.2, 0.25) is 0 Å². The van der Waals surface area contributed by atoms with E-state index < -0.39 is 0 Å². The van der Waals surface area contributed by atoms with Crippen LogP contribution in [0, 0.1) is 0 Å². The third kappa shape index (κ3) is 1.77. The zero-order valence-electron chi connectivity index (χ0n) is 13.0. The van der Waals surface area contributed by atoms with Gasteiger partial charge in [-0.1, -0.05) is 24.3 Å². The Kier molecular flexibility index (Phi) is 2.86. The normalized spacial score (nSPS) is 28.5. The fourth-order valence-corrected chi connectivity index (χ4v) is 4.25. The lowest BCUT2D eigenvalue weighted by atomic mass is 9.84. The van der Waals surface area contributed by atoms with Crippen LogP contribution in [0.2, 0.25) is 0 Å². The Labute approximate surface area is 126 Å². The summed E-state index contributed by atoms with van der Waals surface area (Å²) in [5, 5.41) is 0. The highest BCUT2D eigenvalue weighted by molar-refractivity contribution is 5.50. The van der Waals surface area contributed by atoms with Crippen LogP contribution in [0.4, 0.5) is 5.82 Å². The van der Waals surface area contributed by atoms with Crippen LogP contribution in [-0.4, -0.2) is 22.7 Å². The SMILES string of the molecule is CC1N(C)C2CCC(c3ccccc32)N1c1cccn1C. The molecular weight excluding hydrogens is 258 g/mol. The van der Waals surface area contributed by atoms with Gasteiger partial charge >= 0.3 is 0 Å². The summed E-state index contributed by atoms with van der Waals surface area (Å²) in [5.41, 5.74) is 3.05. The quantitative estimate of drug-likeness (QED) is 0.789. The lowest BCUT2D eigenvalue weighted by Crippen LogP contribution is -2.44. The average Bonchev–Trinajstić information content (AvgIpc) is 2.85. The smallest absolute Gasteiger partial charge is 0.109 e. The standard InChI is InChI=1S/C18H23N3/c1-13-20(3)16-10-11-17(15-8-5-4-7-14(15)16)21(13)18-9-6-12-19(18)2/h4-9,12-13,16-17H,10-11H2,1-3H3. The van der Waals surface area contributed by atoms with Gasteiger partial charge < -0.3 is 9.47 Å². The van der Waals surface area contributed by atoms with E-state index in [-0.39, 0.29) is 0 Å². The number of hydrogen-bond acceptors (Lipinski definition) is 2. The summed E-state index contributed by atoms with van der Waals surface area (Å²) >= 11 is 0. The highest BCUT2D eigenvalue weighted by Gasteiger charge is 2.41. The molecule has 3 atom stereocenters. The molecule has 2 aromatic rings. The molecule has 1 aromatic carbocycles. The Bertz CT molecular complexity index is 660. The van der Waals surface area contributed by atoms with E-state index in [1.165, 1.54) is 29.8 Å². The van der Waals surface area contributed by atoms with Gasteiger partial charge in [-0.3, -0.25) is 4.90 Å². The molecule has 1 saturated heterocycles. The molecular formula is C18H23N3. The molecule has 3 unspecified atom stereocenters. The molecule has 3 nitrogen and oxygen atoms in total. The topological polar surface area (TPSA) is 11.4 Å². The van der Waals surface area contributed by atoms with Crippen LogP contribution in [0.25, 0.3) is 0 Å². The number of aromatic nitrogens is 1. The Hall–Kier alpha value is -1.74. The number of anilines is 1. The monoisotopic (exact) mass is 281 g/mol. The highest BCUT2D eigenvalue weighted by Crippen LogP contribution is 2.48. The molecule has 21 heavy (non-hydrogen) atoms. The van der Waals surface area contributed by atoms with Gasteiger partial charge in [0.15, 0.2) is 0 Å². The van der Waals surface area contributed by atoms with Crippen LogP contribution in [-0.2, 0) is 7.05 Å². The van der Waals surface area contributed by atoms with Gasteiger partial charge in [-0.25, -0.2) is 0 Å². The second kappa shape index (κ2) is 4.63. The number of hydrogen-bond donors (Lipinski definition) is 0. The zero-order valence-corrected chi connectivity index (χ0v) is 13.0. The first-order chi connectivity index (χ1) is 10.2. The van der Waals surface area contributed by atoms with Crippen molar-refractivity contribution in [2.45, 2.75) is 38.0 Å². The molecule has 110 valence electrons. The molecule has 0 spiro atoms. The van der Waals surface area contributed by atoms with Gasteiger partial charge in [-0.15, -0.1) is 0 Å². The Morgan fingerprint density at radius 3 is 2.24 bits per heavy atom. The molecule has 1 aromatic heterocycles. The number of nitrogens with zero attached hydrogens (tertiary/aromatic N) is 3. The maximum absolute atomic E-state index is 2.60. The molecule has 3 heterocycles. The van der Waals surface area contributed by atoms with Crippen molar-refractivity contribution in [3.8, 4) is 0 Å². The van der Waals surface area contributed by atoms with Crippen LogP contribution >= 0.6 is 0 Å². The minimum absolute atomic E-state index is 0.406. The second-order valence-electron chi connectivity index (χ2n) is 6.42. The molecule has 1 fully saturated rings. The van der Waals surface area contributed by atoms with E-state index in [0.717, 1.165) is 0 Å². The predicted octanol–water partition coefficient (Wildman–Crippen LogP) is 3.70. The van der Waals surface area contributed by atoms with Crippen molar-refractivity contribution in [2.75, 3.05) is 11.9 Å². The second-order valence-corrected chi connectivity index (χ2v) is 6.42. The average molecular weight is 281 g/mol. The molecule has 0 radical (unpaired) electrons. The van der Waals surface area contributed by atoms with Gasteiger partial charge in [-0.2, -0.15) is 0 Å². The molecule has 1 aliphatic carbocycles. The minimum Gasteiger partial charge on any atom is -0.338 e. The van der Waals surface area contributed by atoms with Crippen molar-refractivity contribution in [2.24, 2.45) is 7.05 Å². The fraction of sp³-hybridized carbons (Fsp3) is 0.444. The van der Waals surface area contributed by atoms with Crippen molar-refractivity contribution < 1.29 is 0 Å². The van der Waals surface area contributed by atoms with Gasteiger partial charge in [0, 0.05) is 19.3 Å². The third-order valence-corrected chi connectivity index (χ3v) is 5.43. The van der Waals surface area contributed by atoms with E-state index in [4.69, 9.17) is 0 Å². The Balaban J connectivity index is 1.91. The summed E-state index contributed by atoms with van der Waals surface area (Å²) in [6.45, 7) is 2.34. The molecule has 0 amide bonds. The van der Waals surface area contributed by atoms with Crippen molar-refractivity contribution in [3.63, 3.8) is 0 Å². The maximum atomic E-state index is 2.60. The summed E-state index contributed by atoms with van der Waals surface area (Å²) in [4.78, 5) is 5.14. The first-order valence-electron chi connectivity index (χ1n) is 7.89. The van der Waals surface area contributed by atoms with Gasteiger partial charge in [-0.05, 0) is 50.1 Å². The Morgan fingerprint density at radius 1 is 0.905 bits per heavy atom. The lowest BCUT2D eigenvalue weighted by Gasteiger charge is -2.38.